The highest BCUT2D eigenvalue weighted by Gasteiger charge is 2.57. The molecule has 1 N–H and O–H groups in total. The third-order valence-corrected chi connectivity index (χ3v) is 6.48. The molecule has 2 heterocycles. The second kappa shape index (κ2) is 6.67. The van der Waals surface area contributed by atoms with E-state index in [0.29, 0.717) is 5.69 Å². The van der Waals surface area contributed by atoms with E-state index in [1.165, 1.54) is 0 Å². The van der Waals surface area contributed by atoms with Crippen LogP contribution in [0.25, 0.3) is 10.8 Å². The quantitative estimate of drug-likeness (QED) is 0.618. The van der Waals surface area contributed by atoms with Gasteiger partial charge in [-0.1, -0.05) is 48.0 Å². The minimum absolute atomic E-state index is 0.206. The van der Waals surface area contributed by atoms with E-state index in [2.05, 4.69) is 11.4 Å². The zero-order valence-corrected chi connectivity index (χ0v) is 17.7. The van der Waals surface area contributed by atoms with Crippen molar-refractivity contribution in [2.24, 2.45) is 5.41 Å². The molecule has 5 rings (SSSR count). The molecule has 156 valence electrons. The molecule has 2 aliphatic rings. The first-order chi connectivity index (χ1) is 14.8. The van der Waals surface area contributed by atoms with Crippen molar-refractivity contribution in [3.8, 4) is 0 Å². The standard InChI is InChI=1S/C25H23N3O3/c1-15-8-10-20(16(2)12-15)28-23(30)25(22(29)26-24(28)31)13-19-18-7-5-4-6-17(18)9-11-21(19)27(3)14-25/h4-12H,13-14H2,1-3H3,(H,26,29,31)/t25-/m0/s1. The summed E-state index contributed by atoms with van der Waals surface area (Å²) in [5, 5.41) is 4.53. The maximum Gasteiger partial charge on any atom is 0.335 e. The zero-order valence-electron chi connectivity index (χ0n) is 17.7. The van der Waals surface area contributed by atoms with E-state index in [4.69, 9.17) is 0 Å². The summed E-state index contributed by atoms with van der Waals surface area (Å²) in [7, 11) is 1.88. The van der Waals surface area contributed by atoms with Gasteiger partial charge in [0.15, 0.2) is 5.41 Å². The van der Waals surface area contributed by atoms with Gasteiger partial charge in [0, 0.05) is 25.7 Å². The van der Waals surface area contributed by atoms with Crippen LogP contribution in [0.2, 0.25) is 0 Å². The molecule has 3 aromatic rings. The molecule has 1 spiro atoms. The highest BCUT2D eigenvalue weighted by Crippen LogP contribution is 2.43. The third kappa shape index (κ3) is 2.75. The van der Waals surface area contributed by atoms with E-state index >= 15 is 0 Å². The summed E-state index contributed by atoms with van der Waals surface area (Å²) in [5.41, 5.74) is 2.92. The van der Waals surface area contributed by atoms with Gasteiger partial charge in [0.2, 0.25) is 5.91 Å². The van der Waals surface area contributed by atoms with Crippen molar-refractivity contribution in [1.82, 2.24) is 5.32 Å². The van der Waals surface area contributed by atoms with Crippen molar-refractivity contribution in [1.29, 1.82) is 0 Å². The molecule has 1 saturated heterocycles. The van der Waals surface area contributed by atoms with Gasteiger partial charge in [-0.05, 0) is 47.9 Å². The summed E-state index contributed by atoms with van der Waals surface area (Å²) in [6.45, 7) is 4.03. The monoisotopic (exact) mass is 413 g/mol. The summed E-state index contributed by atoms with van der Waals surface area (Å²) < 4.78 is 0. The van der Waals surface area contributed by atoms with Crippen LogP contribution in [-0.2, 0) is 16.0 Å². The number of amides is 4. The van der Waals surface area contributed by atoms with Crippen LogP contribution in [0.4, 0.5) is 16.2 Å². The first kappa shape index (κ1) is 19.3. The first-order valence-corrected chi connectivity index (χ1v) is 10.3. The van der Waals surface area contributed by atoms with Gasteiger partial charge in [0.1, 0.15) is 0 Å². The Labute approximate surface area is 180 Å². The number of carbonyl (C=O) groups is 3. The number of hydrogen-bond acceptors (Lipinski definition) is 4. The van der Waals surface area contributed by atoms with E-state index in [9.17, 15) is 14.4 Å². The van der Waals surface area contributed by atoms with Crippen molar-refractivity contribution < 1.29 is 14.4 Å². The summed E-state index contributed by atoms with van der Waals surface area (Å²) in [6, 6.07) is 16.9. The predicted molar refractivity (Wildman–Crippen MR) is 120 cm³/mol. The highest BCUT2D eigenvalue weighted by atomic mass is 16.2. The lowest BCUT2D eigenvalue weighted by molar-refractivity contribution is -0.142. The number of nitrogens with one attached hydrogen (secondary N) is 1. The minimum atomic E-state index is -1.38. The molecule has 3 aromatic carbocycles. The lowest BCUT2D eigenvalue weighted by Crippen LogP contribution is -2.68. The van der Waals surface area contributed by atoms with E-state index in [1.807, 2.05) is 68.3 Å². The largest absolute Gasteiger partial charge is 0.373 e. The average Bonchev–Trinajstić information content (AvgIpc) is 2.74. The topological polar surface area (TPSA) is 69.7 Å². The Bertz CT molecular complexity index is 1280. The highest BCUT2D eigenvalue weighted by molar-refractivity contribution is 6.30. The third-order valence-electron chi connectivity index (χ3n) is 6.48. The van der Waals surface area contributed by atoms with Crippen LogP contribution in [-0.4, -0.2) is 31.4 Å². The van der Waals surface area contributed by atoms with Crippen LogP contribution in [0.5, 0.6) is 0 Å². The molecule has 6 heteroatoms. The molecule has 4 amide bonds. The number of nitrogens with zero attached hydrogens (tertiary/aromatic N) is 2. The Morgan fingerprint density at radius 3 is 2.45 bits per heavy atom. The maximum atomic E-state index is 13.9. The predicted octanol–water partition coefficient (Wildman–Crippen LogP) is 3.72. The molecular formula is C25H23N3O3. The normalized spacial score (nSPS) is 20.9. The number of hydrogen-bond donors (Lipinski definition) is 1. The number of barbiturate groups is 1. The molecule has 0 aromatic heterocycles. The molecule has 0 saturated carbocycles. The van der Waals surface area contributed by atoms with Gasteiger partial charge in [-0.2, -0.15) is 0 Å². The van der Waals surface area contributed by atoms with Gasteiger partial charge in [0.05, 0.1) is 5.69 Å². The van der Waals surface area contributed by atoms with Gasteiger partial charge >= 0.3 is 6.03 Å². The van der Waals surface area contributed by atoms with E-state index in [1.54, 1.807) is 6.07 Å². The van der Waals surface area contributed by atoms with Crippen LogP contribution in [0.15, 0.2) is 54.6 Å². The van der Waals surface area contributed by atoms with Crippen LogP contribution in [0.3, 0.4) is 0 Å². The summed E-state index contributed by atoms with van der Waals surface area (Å²) in [5.74, 6) is -1.01. The van der Waals surface area contributed by atoms with Crippen molar-refractivity contribution in [3.05, 3.63) is 71.3 Å². The number of imide groups is 2. The van der Waals surface area contributed by atoms with Gasteiger partial charge in [-0.3, -0.25) is 14.9 Å². The van der Waals surface area contributed by atoms with E-state index < -0.39 is 23.3 Å². The molecule has 1 fully saturated rings. The van der Waals surface area contributed by atoms with E-state index in [-0.39, 0.29) is 13.0 Å². The smallest absolute Gasteiger partial charge is 0.335 e. The maximum absolute atomic E-state index is 13.9. The fourth-order valence-electron chi connectivity index (χ4n) is 4.96. The number of aryl methyl sites for hydroxylation is 2. The Morgan fingerprint density at radius 1 is 0.935 bits per heavy atom. The fourth-order valence-corrected chi connectivity index (χ4v) is 4.96. The Morgan fingerprint density at radius 2 is 1.68 bits per heavy atom. The van der Waals surface area contributed by atoms with Gasteiger partial charge in [-0.15, -0.1) is 0 Å². The summed E-state index contributed by atoms with van der Waals surface area (Å²) in [6.07, 6.45) is 0.243. The molecule has 0 aliphatic carbocycles. The van der Waals surface area contributed by atoms with Crippen molar-refractivity contribution >= 4 is 40.0 Å². The van der Waals surface area contributed by atoms with Crippen molar-refractivity contribution in [3.63, 3.8) is 0 Å². The van der Waals surface area contributed by atoms with Gasteiger partial charge < -0.3 is 4.90 Å². The lowest BCUT2D eigenvalue weighted by Gasteiger charge is -2.45. The molecule has 2 aliphatic heterocycles. The fraction of sp³-hybridized carbons (Fsp3) is 0.240. The number of benzene rings is 3. The van der Waals surface area contributed by atoms with Gasteiger partial charge in [-0.25, -0.2) is 9.69 Å². The Balaban J connectivity index is 1.66. The SMILES string of the molecule is Cc1ccc(N2C(=O)NC(=O)[C@@]3(Cc4c(ccc5ccccc45)N(C)C3)C2=O)c(C)c1. The van der Waals surface area contributed by atoms with Gasteiger partial charge in [0.25, 0.3) is 5.91 Å². The van der Waals surface area contributed by atoms with Crippen LogP contribution in [0, 0.1) is 19.3 Å². The van der Waals surface area contributed by atoms with E-state index in [0.717, 1.165) is 38.1 Å². The lowest BCUT2D eigenvalue weighted by atomic mass is 9.73. The summed E-state index contributed by atoms with van der Waals surface area (Å²) in [4.78, 5) is 42.9. The first-order valence-electron chi connectivity index (χ1n) is 10.3. The number of rotatable bonds is 1. The number of urea groups is 1. The van der Waals surface area contributed by atoms with Crippen LogP contribution >= 0.6 is 0 Å². The molecule has 0 radical (unpaired) electrons. The van der Waals surface area contributed by atoms with Crippen LogP contribution in [0.1, 0.15) is 16.7 Å². The molecule has 0 unspecified atom stereocenters. The number of carbonyl (C=O) groups excluding carboxylic acids is 3. The molecule has 6 nitrogen and oxygen atoms in total. The van der Waals surface area contributed by atoms with Crippen molar-refractivity contribution in [2.75, 3.05) is 23.4 Å². The molecule has 1 atom stereocenters. The van der Waals surface area contributed by atoms with Crippen molar-refractivity contribution in [2.45, 2.75) is 20.3 Å². The van der Waals surface area contributed by atoms with Crippen LogP contribution < -0.4 is 15.1 Å². The second-order valence-corrected chi connectivity index (χ2v) is 8.59. The second-order valence-electron chi connectivity index (χ2n) is 8.59. The summed E-state index contributed by atoms with van der Waals surface area (Å²) >= 11 is 0. The number of anilines is 2. The average molecular weight is 413 g/mol. The number of fused-ring (bicyclic) bond motifs is 3. The zero-order chi connectivity index (χ0) is 21.9. The Kier molecular flexibility index (Phi) is 4.15. The Hall–Kier alpha value is -3.67. The molecular weight excluding hydrogens is 390 g/mol. The minimum Gasteiger partial charge on any atom is -0.373 e. The molecule has 31 heavy (non-hydrogen) atoms. The molecule has 0 bridgehead atoms.